The number of likely N-dealkylation sites (tertiary alicyclic amines) is 1. The number of rotatable bonds is 5. The Morgan fingerprint density at radius 3 is 2.69 bits per heavy atom. The molecule has 0 spiro atoms. The molecule has 45 heavy (non-hydrogen) atoms. The molecule has 6 heterocycles. The number of ether oxygens (including phenoxy) is 2. The van der Waals surface area contributed by atoms with Crippen LogP contribution in [0.4, 0.5) is 19.6 Å². The maximum absolute atomic E-state index is 17.1. The summed E-state index contributed by atoms with van der Waals surface area (Å²) in [5.74, 6) is -0.484. The fourth-order valence-electron chi connectivity index (χ4n) is 7.85. The fourth-order valence-corrected chi connectivity index (χ4v) is 9.13. The van der Waals surface area contributed by atoms with Crippen LogP contribution in [0.1, 0.15) is 44.6 Å². The van der Waals surface area contributed by atoms with Crippen LogP contribution in [0, 0.1) is 23.0 Å². The van der Waals surface area contributed by atoms with Crippen molar-refractivity contribution in [3.63, 3.8) is 0 Å². The smallest absolute Gasteiger partial charge is 0.319 e. The largest absolute Gasteiger partial charge is 0.489 e. The number of fused-ring (bicyclic) bond motifs is 3. The highest BCUT2D eigenvalue weighted by atomic mass is 35.5. The van der Waals surface area contributed by atoms with Gasteiger partial charge >= 0.3 is 6.01 Å². The summed E-state index contributed by atoms with van der Waals surface area (Å²) in [5, 5.41) is 14.3. The van der Waals surface area contributed by atoms with E-state index < -0.39 is 11.6 Å². The number of nitrogen functional groups attached to an aromatic ring is 1. The molecule has 4 aromatic rings. The number of nitrogens with two attached hydrogens (primary N) is 1. The Morgan fingerprint density at radius 2 is 1.98 bits per heavy atom. The first-order chi connectivity index (χ1) is 21.7. The average Bonchev–Trinajstić information content (AvgIpc) is 3.53. The summed E-state index contributed by atoms with van der Waals surface area (Å²) in [6.45, 7) is 3.80. The number of benzene rings is 2. The van der Waals surface area contributed by atoms with Crippen molar-refractivity contribution in [1.29, 1.82) is 5.26 Å². The van der Waals surface area contributed by atoms with E-state index in [0.29, 0.717) is 36.4 Å². The Kier molecular flexibility index (Phi) is 6.94. The fraction of sp³-hybridized carbons (Fsp3) is 0.469. The molecule has 0 amide bonds. The van der Waals surface area contributed by atoms with E-state index in [2.05, 4.69) is 33.2 Å². The Hall–Kier alpha value is -3.50. The van der Waals surface area contributed by atoms with Crippen molar-refractivity contribution < 1.29 is 18.3 Å². The van der Waals surface area contributed by atoms with Gasteiger partial charge in [-0.05, 0) is 64.3 Å². The van der Waals surface area contributed by atoms with Crippen LogP contribution in [0.3, 0.4) is 0 Å². The maximum atomic E-state index is 17.1. The molecule has 3 N–H and O–H groups in total. The Balaban J connectivity index is 1.36. The average molecular weight is 652 g/mol. The van der Waals surface area contributed by atoms with Gasteiger partial charge in [0.25, 0.3) is 0 Å². The zero-order valence-corrected chi connectivity index (χ0v) is 26.4. The number of halogens is 3. The number of nitrogens with one attached hydrogen (secondary N) is 1. The molecule has 3 saturated heterocycles. The molecule has 2 aromatic carbocycles. The number of nitrogens with zero attached hydrogens (tertiary/aromatic N) is 5. The Bertz CT molecular complexity index is 1900. The molecular weight excluding hydrogens is 620 g/mol. The van der Waals surface area contributed by atoms with E-state index in [-0.39, 0.29) is 72.3 Å². The van der Waals surface area contributed by atoms with Crippen LogP contribution in [-0.2, 0) is 0 Å². The normalized spacial score (nSPS) is 25.1. The standard InChI is InChI=1S/C32H32ClF2N7O2S/c1-14(21-4-3-7-41(21)2)44-32-39-27-24-28(43-9-8-42(31(24)40-32)17-11-15-10-16(12-17)38-15)25(33)23(26(27)35)18-5-6-20(34)29-22(18)19(13-36)30(37)45-29/h5-6,14-17,21,38H,3-4,7-12,37H2,1-2H3/t14-,15?,16?,17?,21-/m0/s1. The number of nitriles is 1. The molecule has 9 rings (SSSR count). The van der Waals surface area contributed by atoms with Gasteiger partial charge in [0, 0.05) is 35.1 Å². The maximum Gasteiger partial charge on any atom is 0.319 e. The van der Waals surface area contributed by atoms with Crippen molar-refractivity contribution in [2.24, 2.45) is 0 Å². The van der Waals surface area contributed by atoms with Gasteiger partial charge in [-0.1, -0.05) is 17.7 Å². The van der Waals surface area contributed by atoms with Crippen LogP contribution in [0.2, 0.25) is 5.02 Å². The monoisotopic (exact) mass is 651 g/mol. The molecule has 1 aliphatic carbocycles. The van der Waals surface area contributed by atoms with Crippen molar-refractivity contribution in [2.75, 3.05) is 37.4 Å². The predicted octanol–water partition coefficient (Wildman–Crippen LogP) is 5.85. The van der Waals surface area contributed by atoms with Crippen LogP contribution in [0.5, 0.6) is 11.8 Å². The molecule has 1 saturated carbocycles. The summed E-state index contributed by atoms with van der Waals surface area (Å²) in [4.78, 5) is 14.1. The predicted molar refractivity (Wildman–Crippen MR) is 171 cm³/mol. The third kappa shape index (κ3) is 4.50. The van der Waals surface area contributed by atoms with Gasteiger partial charge < -0.3 is 25.4 Å². The summed E-state index contributed by atoms with van der Waals surface area (Å²) in [5.41, 5.74) is 6.39. The van der Waals surface area contributed by atoms with E-state index in [9.17, 15) is 9.65 Å². The summed E-state index contributed by atoms with van der Waals surface area (Å²) >= 11 is 7.99. The number of hydrogen-bond donors (Lipinski definition) is 2. The molecule has 5 aliphatic rings. The third-order valence-corrected chi connectivity index (χ3v) is 11.4. The topological polar surface area (TPSA) is 113 Å². The highest BCUT2D eigenvalue weighted by Gasteiger charge is 2.42. The van der Waals surface area contributed by atoms with Crippen LogP contribution in [0.15, 0.2) is 12.1 Å². The van der Waals surface area contributed by atoms with Gasteiger partial charge in [0.05, 0.1) is 27.2 Å². The van der Waals surface area contributed by atoms with Gasteiger partial charge in [0.1, 0.15) is 40.9 Å². The van der Waals surface area contributed by atoms with E-state index >= 15 is 4.39 Å². The van der Waals surface area contributed by atoms with Gasteiger partial charge in [0.2, 0.25) is 0 Å². The molecule has 2 unspecified atom stereocenters. The molecule has 13 heteroatoms. The second-order valence-electron chi connectivity index (χ2n) is 12.6. The van der Waals surface area contributed by atoms with E-state index in [1.165, 1.54) is 12.1 Å². The lowest BCUT2D eigenvalue weighted by Crippen LogP contribution is -2.62. The lowest BCUT2D eigenvalue weighted by atomic mass is 9.79. The highest BCUT2D eigenvalue weighted by molar-refractivity contribution is 7.23. The molecule has 9 nitrogen and oxygen atoms in total. The lowest BCUT2D eigenvalue weighted by Gasteiger charge is -2.49. The van der Waals surface area contributed by atoms with Crippen LogP contribution >= 0.6 is 22.9 Å². The molecule has 0 radical (unpaired) electrons. The van der Waals surface area contributed by atoms with E-state index in [1.807, 2.05) is 6.92 Å². The first-order valence-corrected chi connectivity index (χ1v) is 16.6. The minimum absolute atomic E-state index is 0.00144. The summed E-state index contributed by atoms with van der Waals surface area (Å²) < 4.78 is 44.9. The quantitative estimate of drug-likeness (QED) is 0.274. The number of likely N-dealkylation sites (N-methyl/N-ethyl adjacent to an activating group) is 1. The van der Waals surface area contributed by atoms with E-state index in [4.69, 9.17) is 31.8 Å². The third-order valence-electron chi connectivity index (χ3n) is 10.00. The second-order valence-corrected chi connectivity index (χ2v) is 14.0. The van der Waals surface area contributed by atoms with Crippen molar-refractivity contribution in [3.05, 3.63) is 34.4 Å². The summed E-state index contributed by atoms with van der Waals surface area (Å²) in [7, 11) is 2.07. The molecule has 4 aliphatic heterocycles. The zero-order chi connectivity index (χ0) is 31.1. The van der Waals surface area contributed by atoms with Crippen LogP contribution in [0.25, 0.3) is 32.1 Å². The number of piperidine rings is 1. The molecule has 4 atom stereocenters. The van der Waals surface area contributed by atoms with Gasteiger partial charge in [0.15, 0.2) is 11.6 Å². The Labute approximate surface area is 267 Å². The lowest BCUT2D eigenvalue weighted by molar-refractivity contribution is 0.112. The highest BCUT2D eigenvalue weighted by Crippen LogP contribution is 2.51. The Morgan fingerprint density at radius 1 is 1.20 bits per heavy atom. The van der Waals surface area contributed by atoms with Crippen LogP contribution < -0.4 is 25.4 Å². The molecule has 4 fully saturated rings. The molecule has 2 aromatic heterocycles. The summed E-state index contributed by atoms with van der Waals surface area (Å²) in [6.07, 6.45) is 4.86. The van der Waals surface area contributed by atoms with Crippen molar-refractivity contribution in [2.45, 2.75) is 69.3 Å². The van der Waals surface area contributed by atoms with Crippen molar-refractivity contribution >= 4 is 54.7 Å². The SMILES string of the molecule is C[C@H](Oc1nc2c3c(c(Cl)c(-c4ccc(F)c5sc(N)c(C#N)c45)c(F)c3n1)OCCN2C1CC2CC(C1)N2)[C@@H]1CCCN1C. The molecule has 2 bridgehead atoms. The first-order valence-electron chi connectivity index (χ1n) is 15.4. The summed E-state index contributed by atoms with van der Waals surface area (Å²) in [6, 6.07) is 6.05. The minimum atomic E-state index is -0.724. The molecular formula is C32H32ClF2N7O2S. The van der Waals surface area contributed by atoms with Crippen molar-refractivity contribution in [1.82, 2.24) is 20.2 Å². The van der Waals surface area contributed by atoms with Gasteiger partial charge in [-0.2, -0.15) is 15.2 Å². The molecule has 234 valence electrons. The zero-order valence-electron chi connectivity index (χ0n) is 24.9. The number of thiophene rings is 1. The van der Waals surface area contributed by atoms with Crippen LogP contribution in [-0.4, -0.2) is 71.9 Å². The number of hydrogen-bond acceptors (Lipinski definition) is 10. The number of aromatic nitrogens is 2. The van der Waals surface area contributed by atoms with Gasteiger partial charge in [-0.3, -0.25) is 4.90 Å². The minimum Gasteiger partial charge on any atom is -0.489 e. The van der Waals surface area contributed by atoms with E-state index in [1.54, 1.807) is 0 Å². The van der Waals surface area contributed by atoms with E-state index in [0.717, 1.165) is 50.0 Å². The van der Waals surface area contributed by atoms with Crippen molar-refractivity contribution in [3.8, 4) is 29.0 Å². The number of anilines is 2. The van der Waals surface area contributed by atoms with Gasteiger partial charge in [-0.25, -0.2) is 8.78 Å². The second kappa shape index (κ2) is 10.8. The van der Waals surface area contributed by atoms with Gasteiger partial charge in [-0.15, -0.1) is 11.3 Å². The first kappa shape index (κ1) is 28.9.